The minimum atomic E-state index is -0.469. The molecule has 0 unspecified atom stereocenters. The number of halogens is 1. The van der Waals surface area contributed by atoms with E-state index < -0.39 is 11.2 Å². The van der Waals surface area contributed by atoms with Gasteiger partial charge < -0.3 is 14.8 Å². The first-order valence-electron chi connectivity index (χ1n) is 7.46. The van der Waals surface area contributed by atoms with Crippen molar-refractivity contribution in [3.05, 3.63) is 31.9 Å². The Morgan fingerprint density at radius 3 is 2.70 bits per heavy atom. The highest BCUT2D eigenvalue weighted by molar-refractivity contribution is 6.29. The summed E-state index contributed by atoms with van der Waals surface area (Å²) in [6.07, 6.45) is 1.82. The monoisotopic (exact) mass is 338 g/mol. The number of anilines is 1. The summed E-state index contributed by atoms with van der Waals surface area (Å²) in [6, 6.07) is 0. The molecule has 0 aromatic carbocycles. The first-order chi connectivity index (χ1) is 11.0. The maximum absolute atomic E-state index is 12.3. The standard InChI is InChI=1S/C14H19ClN6O2/c1-9(15)3-6-21-10-11(19(2)14(23)18-12(10)22)17-13(21)20-7-4-16-5-8-20/h3,16H,4-8H2,1-2H3,(H,18,22,23)/b9-3-. The average Bonchev–Trinajstić information content (AvgIpc) is 2.91. The second kappa shape index (κ2) is 6.21. The Kier molecular flexibility index (Phi) is 4.27. The van der Waals surface area contributed by atoms with Gasteiger partial charge in [-0.1, -0.05) is 17.7 Å². The van der Waals surface area contributed by atoms with Crippen molar-refractivity contribution in [3.8, 4) is 0 Å². The molecule has 2 N–H and O–H groups in total. The fourth-order valence-electron chi connectivity index (χ4n) is 2.72. The summed E-state index contributed by atoms with van der Waals surface area (Å²) in [5, 5.41) is 3.92. The summed E-state index contributed by atoms with van der Waals surface area (Å²) in [6.45, 7) is 5.49. The Morgan fingerprint density at radius 2 is 2.04 bits per heavy atom. The fraction of sp³-hybridized carbons (Fsp3) is 0.500. The van der Waals surface area contributed by atoms with Gasteiger partial charge in [-0.3, -0.25) is 14.3 Å². The van der Waals surface area contributed by atoms with Crippen LogP contribution in [0.2, 0.25) is 0 Å². The molecular formula is C14H19ClN6O2. The number of rotatable bonds is 3. The van der Waals surface area contributed by atoms with E-state index in [2.05, 4.69) is 20.2 Å². The first kappa shape index (κ1) is 15.8. The van der Waals surface area contributed by atoms with Gasteiger partial charge in [-0.2, -0.15) is 4.98 Å². The lowest BCUT2D eigenvalue weighted by Crippen LogP contribution is -2.44. The quantitative estimate of drug-likeness (QED) is 0.821. The van der Waals surface area contributed by atoms with Crippen molar-refractivity contribution in [1.82, 2.24) is 24.4 Å². The van der Waals surface area contributed by atoms with Crippen molar-refractivity contribution >= 4 is 28.7 Å². The second-order valence-electron chi connectivity index (χ2n) is 5.54. The van der Waals surface area contributed by atoms with Crippen molar-refractivity contribution < 1.29 is 0 Å². The maximum Gasteiger partial charge on any atom is 0.329 e. The Bertz CT molecular complexity index is 868. The largest absolute Gasteiger partial charge is 0.340 e. The van der Waals surface area contributed by atoms with Gasteiger partial charge in [-0.15, -0.1) is 0 Å². The smallest absolute Gasteiger partial charge is 0.329 e. The van der Waals surface area contributed by atoms with Crippen LogP contribution < -0.4 is 21.5 Å². The van der Waals surface area contributed by atoms with Crippen LogP contribution in [0.15, 0.2) is 20.7 Å². The number of H-pyrrole nitrogens is 1. The van der Waals surface area contributed by atoms with Gasteiger partial charge in [0.2, 0.25) is 5.95 Å². The molecule has 1 aliphatic heterocycles. The van der Waals surface area contributed by atoms with Crippen LogP contribution in [0.5, 0.6) is 0 Å². The van der Waals surface area contributed by atoms with Crippen LogP contribution in [-0.2, 0) is 13.6 Å². The Morgan fingerprint density at radius 1 is 1.35 bits per heavy atom. The van der Waals surface area contributed by atoms with Crippen molar-refractivity contribution in [2.24, 2.45) is 7.05 Å². The predicted molar refractivity (Wildman–Crippen MR) is 90.3 cm³/mol. The highest BCUT2D eigenvalue weighted by atomic mass is 35.5. The van der Waals surface area contributed by atoms with Crippen LogP contribution >= 0.6 is 11.6 Å². The predicted octanol–water partition coefficient (Wildman–Crippen LogP) is -0.0245. The highest BCUT2D eigenvalue weighted by Gasteiger charge is 2.22. The van der Waals surface area contributed by atoms with E-state index in [9.17, 15) is 9.59 Å². The van der Waals surface area contributed by atoms with Crippen molar-refractivity contribution in [3.63, 3.8) is 0 Å². The highest BCUT2D eigenvalue weighted by Crippen LogP contribution is 2.20. The zero-order valence-electron chi connectivity index (χ0n) is 13.1. The second-order valence-corrected chi connectivity index (χ2v) is 6.14. The molecule has 0 atom stereocenters. The van der Waals surface area contributed by atoms with Crippen LogP contribution in [0.4, 0.5) is 5.95 Å². The molecule has 2 aromatic rings. The van der Waals surface area contributed by atoms with E-state index in [0.717, 1.165) is 26.2 Å². The van der Waals surface area contributed by atoms with Gasteiger partial charge in [-0.25, -0.2) is 4.79 Å². The molecule has 8 nitrogen and oxygen atoms in total. The molecule has 0 saturated carbocycles. The van der Waals surface area contributed by atoms with E-state index in [4.69, 9.17) is 11.6 Å². The molecule has 1 aliphatic rings. The number of aromatic amines is 1. The lowest BCUT2D eigenvalue weighted by Gasteiger charge is -2.28. The molecule has 2 aromatic heterocycles. The third kappa shape index (κ3) is 2.91. The number of piperazine rings is 1. The molecule has 1 saturated heterocycles. The molecule has 3 rings (SSSR count). The molecule has 0 spiro atoms. The number of aromatic nitrogens is 4. The number of fused-ring (bicyclic) bond motifs is 1. The molecule has 124 valence electrons. The van der Waals surface area contributed by atoms with E-state index in [0.29, 0.717) is 28.7 Å². The maximum atomic E-state index is 12.3. The van der Waals surface area contributed by atoms with Crippen molar-refractivity contribution in [1.29, 1.82) is 0 Å². The Labute approximate surface area is 137 Å². The number of imidazole rings is 1. The summed E-state index contributed by atoms with van der Waals surface area (Å²) in [5.41, 5.74) is -0.136. The molecule has 0 bridgehead atoms. The number of nitrogens with one attached hydrogen (secondary N) is 2. The summed E-state index contributed by atoms with van der Waals surface area (Å²) >= 11 is 5.94. The normalized spacial score (nSPS) is 16.3. The zero-order chi connectivity index (χ0) is 16.6. The first-order valence-corrected chi connectivity index (χ1v) is 7.84. The third-order valence-electron chi connectivity index (χ3n) is 3.94. The Balaban J connectivity index is 2.24. The van der Waals surface area contributed by atoms with E-state index in [1.54, 1.807) is 14.0 Å². The van der Waals surface area contributed by atoms with Gasteiger partial charge in [-0.05, 0) is 6.92 Å². The van der Waals surface area contributed by atoms with Gasteiger partial charge in [0.1, 0.15) is 0 Å². The number of allylic oxidation sites excluding steroid dienone is 2. The van der Waals surface area contributed by atoms with Crippen LogP contribution in [0, 0.1) is 0 Å². The number of hydrogen-bond acceptors (Lipinski definition) is 5. The third-order valence-corrected chi connectivity index (χ3v) is 4.10. The molecule has 1 fully saturated rings. The van der Waals surface area contributed by atoms with E-state index in [1.807, 2.05) is 10.6 Å². The van der Waals surface area contributed by atoms with Gasteiger partial charge in [0, 0.05) is 44.8 Å². The van der Waals surface area contributed by atoms with E-state index in [1.165, 1.54) is 4.57 Å². The number of nitrogens with zero attached hydrogens (tertiary/aromatic N) is 4. The molecular weight excluding hydrogens is 320 g/mol. The minimum absolute atomic E-state index is 0.382. The number of aryl methyl sites for hydroxylation is 1. The zero-order valence-corrected chi connectivity index (χ0v) is 13.9. The SMILES string of the molecule is C/C(Cl)=C/Cn1c(N2CCNCC2)nc2c1c(=O)[nH]c(=O)n2C. The summed E-state index contributed by atoms with van der Waals surface area (Å²) < 4.78 is 3.17. The van der Waals surface area contributed by atoms with E-state index >= 15 is 0 Å². The number of hydrogen-bond donors (Lipinski definition) is 2. The van der Waals surface area contributed by atoms with Gasteiger partial charge in [0.05, 0.1) is 0 Å². The molecule has 0 aliphatic carbocycles. The topological polar surface area (TPSA) is 88.0 Å². The van der Waals surface area contributed by atoms with Crippen LogP contribution in [0.25, 0.3) is 11.2 Å². The summed E-state index contributed by atoms with van der Waals surface area (Å²) in [5.74, 6) is 0.683. The van der Waals surface area contributed by atoms with Gasteiger partial charge in [0.15, 0.2) is 11.2 Å². The fourth-order valence-corrected chi connectivity index (χ4v) is 2.79. The van der Waals surface area contributed by atoms with E-state index in [-0.39, 0.29) is 0 Å². The molecule has 23 heavy (non-hydrogen) atoms. The average molecular weight is 339 g/mol. The summed E-state index contributed by atoms with van der Waals surface area (Å²) in [7, 11) is 1.60. The molecule has 0 amide bonds. The summed E-state index contributed by atoms with van der Waals surface area (Å²) in [4.78, 5) is 33.1. The molecule has 0 radical (unpaired) electrons. The minimum Gasteiger partial charge on any atom is -0.340 e. The lowest BCUT2D eigenvalue weighted by molar-refractivity contribution is 0.572. The van der Waals surface area contributed by atoms with Crippen molar-refractivity contribution in [2.45, 2.75) is 13.5 Å². The van der Waals surface area contributed by atoms with Crippen LogP contribution in [0.3, 0.4) is 0 Å². The molecule has 9 heteroatoms. The van der Waals surface area contributed by atoms with Gasteiger partial charge >= 0.3 is 5.69 Å². The molecule has 3 heterocycles. The lowest BCUT2D eigenvalue weighted by atomic mass is 10.4. The van der Waals surface area contributed by atoms with Crippen molar-refractivity contribution in [2.75, 3.05) is 31.1 Å². The van der Waals surface area contributed by atoms with Crippen LogP contribution in [0.1, 0.15) is 6.92 Å². The van der Waals surface area contributed by atoms with Gasteiger partial charge in [0.25, 0.3) is 5.56 Å². The Hall–Kier alpha value is -2.06. The van der Waals surface area contributed by atoms with Crippen LogP contribution in [-0.4, -0.2) is 45.3 Å².